The topological polar surface area (TPSA) is 67.9 Å². The summed E-state index contributed by atoms with van der Waals surface area (Å²) in [5.74, 6) is 1.06. The summed E-state index contributed by atoms with van der Waals surface area (Å²) in [6, 6.07) is 12.0. The Morgan fingerprint density at radius 3 is 2.56 bits per heavy atom. The summed E-state index contributed by atoms with van der Waals surface area (Å²) in [7, 11) is 1.61. The molecule has 142 valence electrons. The highest BCUT2D eigenvalue weighted by Crippen LogP contribution is 2.41. The summed E-state index contributed by atoms with van der Waals surface area (Å²) in [6.07, 6.45) is 0.620. The molecular formula is C20H21ClN2O4. The zero-order chi connectivity index (χ0) is 19.4. The minimum absolute atomic E-state index is 0.183. The van der Waals surface area contributed by atoms with Crippen molar-refractivity contribution in [3.05, 3.63) is 53.1 Å². The fourth-order valence-corrected chi connectivity index (χ4v) is 3.38. The van der Waals surface area contributed by atoms with Crippen molar-refractivity contribution in [3.8, 4) is 11.5 Å². The van der Waals surface area contributed by atoms with Gasteiger partial charge in [0.2, 0.25) is 5.91 Å². The summed E-state index contributed by atoms with van der Waals surface area (Å²) >= 11 is 6.32. The monoisotopic (exact) mass is 388 g/mol. The molecule has 3 rings (SSSR count). The number of para-hydroxylation sites is 1. The van der Waals surface area contributed by atoms with E-state index in [1.54, 1.807) is 24.1 Å². The number of carbonyl (C=O) groups is 2. The number of nitrogens with zero attached hydrogens (tertiary/aromatic N) is 1. The number of halogens is 1. The molecule has 0 aliphatic carbocycles. The van der Waals surface area contributed by atoms with Crippen LogP contribution in [0.1, 0.15) is 24.9 Å². The van der Waals surface area contributed by atoms with E-state index in [-0.39, 0.29) is 11.8 Å². The van der Waals surface area contributed by atoms with Crippen molar-refractivity contribution in [2.24, 2.45) is 0 Å². The van der Waals surface area contributed by atoms with Crippen LogP contribution < -0.4 is 19.7 Å². The summed E-state index contributed by atoms with van der Waals surface area (Å²) in [5, 5.41) is 3.19. The van der Waals surface area contributed by atoms with Crippen LogP contribution in [0.3, 0.4) is 0 Å². The molecule has 6 nitrogen and oxygen atoms in total. The molecule has 1 aliphatic heterocycles. The second-order valence-electron chi connectivity index (χ2n) is 6.18. The lowest BCUT2D eigenvalue weighted by atomic mass is 10.1. The minimum Gasteiger partial charge on any atom is -0.497 e. The van der Waals surface area contributed by atoms with E-state index < -0.39 is 6.04 Å². The molecule has 0 spiro atoms. The van der Waals surface area contributed by atoms with Crippen LogP contribution in [0, 0.1) is 0 Å². The average Bonchev–Trinajstić information content (AvgIpc) is 2.92. The largest absolute Gasteiger partial charge is 0.497 e. The first-order valence-electron chi connectivity index (χ1n) is 8.65. The summed E-state index contributed by atoms with van der Waals surface area (Å²) in [6.45, 7) is 2.28. The average molecular weight is 389 g/mol. The van der Waals surface area contributed by atoms with Gasteiger partial charge in [0.25, 0.3) is 5.91 Å². The van der Waals surface area contributed by atoms with Gasteiger partial charge in [0.15, 0.2) is 0 Å². The Morgan fingerprint density at radius 2 is 1.89 bits per heavy atom. The van der Waals surface area contributed by atoms with Gasteiger partial charge in [-0.15, -0.1) is 0 Å². The van der Waals surface area contributed by atoms with E-state index in [9.17, 15) is 9.59 Å². The van der Waals surface area contributed by atoms with Gasteiger partial charge >= 0.3 is 0 Å². The van der Waals surface area contributed by atoms with Crippen LogP contribution >= 0.6 is 11.6 Å². The van der Waals surface area contributed by atoms with Crippen molar-refractivity contribution < 1.29 is 19.1 Å². The normalized spacial score (nSPS) is 15.4. The lowest BCUT2D eigenvalue weighted by Crippen LogP contribution is -2.37. The number of benzene rings is 2. The van der Waals surface area contributed by atoms with Crippen molar-refractivity contribution in [2.45, 2.75) is 19.4 Å². The van der Waals surface area contributed by atoms with E-state index in [4.69, 9.17) is 21.1 Å². The van der Waals surface area contributed by atoms with E-state index in [1.807, 2.05) is 30.3 Å². The molecule has 2 amide bonds. The maximum Gasteiger partial charge on any atom is 0.254 e. The molecule has 1 atom stereocenters. The Bertz CT molecular complexity index is 838. The lowest BCUT2D eigenvalue weighted by Gasteiger charge is -2.19. The van der Waals surface area contributed by atoms with Crippen molar-refractivity contribution in [1.82, 2.24) is 5.32 Å². The number of carbonyl (C=O) groups excluding carboxylic acids is 2. The third kappa shape index (κ3) is 4.17. The molecule has 0 unspecified atom stereocenters. The number of hydrogen-bond acceptors (Lipinski definition) is 4. The lowest BCUT2D eigenvalue weighted by molar-refractivity contribution is -0.126. The van der Waals surface area contributed by atoms with Crippen LogP contribution in [0.5, 0.6) is 11.5 Å². The highest BCUT2D eigenvalue weighted by atomic mass is 35.5. The fourth-order valence-electron chi connectivity index (χ4n) is 3.10. The molecule has 0 aromatic heterocycles. The Kier molecular flexibility index (Phi) is 5.86. The molecule has 0 radical (unpaired) electrons. The van der Waals surface area contributed by atoms with Gasteiger partial charge in [-0.2, -0.15) is 0 Å². The molecule has 2 aromatic rings. The zero-order valence-electron chi connectivity index (χ0n) is 15.2. The summed E-state index contributed by atoms with van der Waals surface area (Å²) in [5.41, 5.74) is 1.38. The zero-order valence-corrected chi connectivity index (χ0v) is 16.0. The van der Waals surface area contributed by atoms with Crippen LogP contribution in [-0.4, -0.2) is 32.1 Å². The third-order valence-electron chi connectivity index (χ3n) is 4.31. The molecule has 1 N–H and O–H groups in total. The molecule has 0 saturated carbocycles. The predicted octanol–water partition coefficient (Wildman–Crippen LogP) is 3.34. The van der Waals surface area contributed by atoms with E-state index in [2.05, 4.69) is 5.32 Å². The molecule has 0 fully saturated rings. The molecule has 0 saturated heterocycles. The third-order valence-corrected chi connectivity index (χ3v) is 4.62. The van der Waals surface area contributed by atoms with Gasteiger partial charge in [0.05, 0.1) is 24.4 Å². The Morgan fingerprint density at radius 1 is 1.19 bits per heavy atom. The van der Waals surface area contributed by atoms with Gasteiger partial charge in [-0.05, 0) is 36.8 Å². The standard InChI is InChI=1S/C20H21ClN2O4/c1-13(24)22-18-16-5-3-6-17(21)19(16)23(20(18)25)11-4-12-27-15-9-7-14(26-2)8-10-15/h3,5-10,18H,4,11-12H2,1-2H3,(H,22,24)/t18-/m1/s1. The number of rotatable bonds is 7. The number of fused-ring (bicyclic) bond motifs is 1. The summed E-state index contributed by atoms with van der Waals surface area (Å²) < 4.78 is 10.8. The molecule has 2 aromatic carbocycles. The Hall–Kier alpha value is -2.73. The van der Waals surface area contributed by atoms with Gasteiger partial charge in [0, 0.05) is 19.0 Å². The van der Waals surface area contributed by atoms with Crippen LogP contribution in [-0.2, 0) is 9.59 Å². The predicted molar refractivity (Wildman–Crippen MR) is 103 cm³/mol. The first-order chi connectivity index (χ1) is 13.0. The van der Waals surface area contributed by atoms with Crippen molar-refractivity contribution in [1.29, 1.82) is 0 Å². The molecule has 0 bridgehead atoms. The number of ether oxygens (including phenoxy) is 2. The van der Waals surface area contributed by atoms with E-state index >= 15 is 0 Å². The van der Waals surface area contributed by atoms with E-state index in [0.29, 0.717) is 30.3 Å². The molecule has 7 heteroatoms. The molecule has 1 heterocycles. The van der Waals surface area contributed by atoms with Crippen LogP contribution in [0.15, 0.2) is 42.5 Å². The fraction of sp³-hybridized carbons (Fsp3) is 0.300. The second kappa shape index (κ2) is 8.31. The Balaban J connectivity index is 1.64. The molecule has 27 heavy (non-hydrogen) atoms. The first kappa shape index (κ1) is 19.0. The number of hydrogen-bond donors (Lipinski definition) is 1. The number of amides is 2. The van der Waals surface area contributed by atoms with Crippen LogP contribution in [0.4, 0.5) is 5.69 Å². The maximum atomic E-state index is 12.8. The van der Waals surface area contributed by atoms with Gasteiger partial charge in [0.1, 0.15) is 17.5 Å². The number of nitrogens with one attached hydrogen (secondary N) is 1. The van der Waals surface area contributed by atoms with Crippen LogP contribution in [0.25, 0.3) is 0 Å². The Labute approximate surface area is 163 Å². The molecule has 1 aliphatic rings. The van der Waals surface area contributed by atoms with Crippen molar-refractivity contribution in [3.63, 3.8) is 0 Å². The SMILES string of the molecule is COc1ccc(OCCCN2C(=O)[C@H](NC(C)=O)c3cccc(Cl)c32)cc1. The highest BCUT2D eigenvalue weighted by molar-refractivity contribution is 6.34. The smallest absolute Gasteiger partial charge is 0.254 e. The first-order valence-corrected chi connectivity index (χ1v) is 9.03. The highest BCUT2D eigenvalue weighted by Gasteiger charge is 2.38. The van der Waals surface area contributed by atoms with Gasteiger partial charge in [-0.3, -0.25) is 9.59 Å². The number of methoxy groups -OCH3 is 1. The maximum absolute atomic E-state index is 12.8. The van der Waals surface area contributed by atoms with Gasteiger partial charge < -0.3 is 19.7 Å². The van der Waals surface area contributed by atoms with E-state index in [1.165, 1.54) is 6.92 Å². The summed E-state index contributed by atoms with van der Waals surface area (Å²) in [4.78, 5) is 25.9. The second-order valence-corrected chi connectivity index (χ2v) is 6.59. The van der Waals surface area contributed by atoms with Crippen molar-refractivity contribution in [2.75, 3.05) is 25.2 Å². The van der Waals surface area contributed by atoms with Gasteiger partial charge in [-0.1, -0.05) is 23.7 Å². The molecular weight excluding hydrogens is 368 g/mol. The van der Waals surface area contributed by atoms with Crippen molar-refractivity contribution >= 4 is 29.1 Å². The van der Waals surface area contributed by atoms with E-state index in [0.717, 1.165) is 17.1 Å². The van der Waals surface area contributed by atoms with Crippen LogP contribution in [0.2, 0.25) is 5.02 Å². The minimum atomic E-state index is -0.696. The number of anilines is 1. The quantitative estimate of drug-likeness (QED) is 0.739. The van der Waals surface area contributed by atoms with Gasteiger partial charge in [-0.25, -0.2) is 0 Å².